The van der Waals surface area contributed by atoms with Gasteiger partial charge in [-0.25, -0.2) is 14.4 Å². The molecule has 144 valence electrons. The number of nitrogens with zero attached hydrogens (tertiary/aromatic N) is 4. The normalized spacial score (nSPS) is 23.7. The molecule has 1 amide bonds. The van der Waals surface area contributed by atoms with Crippen LogP contribution in [0.3, 0.4) is 0 Å². The van der Waals surface area contributed by atoms with Gasteiger partial charge in [0.1, 0.15) is 17.3 Å². The van der Waals surface area contributed by atoms with Crippen LogP contribution in [-0.2, 0) is 4.79 Å². The first kappa shape index (κ1) is 19.0. The van der Waals surface area contributed by atoms with E-state index in [1.54, 1.807) is 0 Å². The van der Waals surface area contributed by atoms with Crippen molar-refractivity contribution in [3.63, 3.8) is 0 Å². The summed E-state index contributed by atoms with van der Waals surface area (Å²) in [6.45, 7) is 10.1. The van der Waals surface area contributed by atoms with Crippen LogP contribution in [0.1, 0.15) is 44.6 Å². The molecule has 7 heteroatoms. The largest absolute Gasteiger partial charge is 0.367 e. The molecule has 6 nitrogen and oxygen atoms in total. The Morgan fingerprint density at radius 3 is 2.54 bits per heavy atom. The topological polar surface area (TPSA) is 61.4 Å². The van der Waals surface area contributed by atoms with Crippen molar-refractivity contribution in [2.24, 2.45) is 0 Å². The summed E-state index contributed by atoms with van der Waals surface area (Å²) >= 11 is 0. The van der Waals surface area contributed by atoms with E-state index in [4.69, 9.17) is 0 Å². The Morgan fingerprint density at radius 2 is 1.96 bits per heavy atom. The number of aromatic nitrogens is 2. The maximum Gasteiger partial charge on any atom is 0.240 e. The molecule has 3 rings (SSSR count). The Hall–Kier alpha value is -1.76. The summed E-state index contributed by atoms with van der Waals surface area (Å²) in [4.78, 5) is 25.2. The average molecular weight is 363 g/mol. The van der Waals surface area contributed by atoms with Crippen molar-refractivity contribution in [1.82, 2.24) is 19.8 Å². The van der Waals surface area contributed by atoms with E-state index in [2.05, 4.69) is 20.2 Å². The number of hydrogen-bond donors (Lipinski definition) is 1. The molecule has 1 N–H and O–H groups in total. The summed E-state index contributed by atoms with van der Waals surface area (Å²) in [6.07, 6.45) is 1.73. The second-order valence-corrected chi connectivity index (χ2v) is 7.91. The molecule has 1 aromatic rings. The molecule has 3 heterocycles. The molecule has 0 saturated carbocycles. The highest BCUT2D eigenvalue weighted by Gasteiger charge is 2.42. The van der Waals surface area contributed by atoms with Crippen LogP contribution in [-0.4, -0.2) is 69.6 Å². The predicted octanol–water partition coefficient (Wildman–Crippen LogP) is 2.32. The molecule has 0 radical (unpaired) electrons. The number of amides is 1. The second-order valence-electron chi connectivity index (χ2n) is 7.91. The Morgan fingerprint density at radius 1 is 1.27 bits per heavy atom. The summed E-state index contributed by atoms with van der Waals surface area (Å²) in [5.41, 5.74) is -0.389. The molecular weight excluding hydrogens is 333 g/mol. The highest BCUT2D eigenvalue weighted by atomic mass is 19.1. The third-order valence-corrected chi connectivity index (χ3v) is 5.52. The summed E-state index contributed by atoms with van der Waals surface area (Å²) < 4.78 is 15.2. The van der Waals surface area contributed by atoms with Crippen LogP contribution in [0.2, 0.25) is 0 Å². The lowest BCUT2D eigenvalue weighted by molar-refractivity contribution is -0.134. The fourth-order valence-electron chi connectivity index (χ4n) is 4.01. The van der Waals surface area contributed by atoms with E-state index in [0.717, 1.165) is 18.7 Å². The number of halogens is 1. The van der Waals surface area contributed by atoms with Crippen LogP contribution in [0.5, 0.6) is 0 Å². The van der Waals surface area contributed by atoms with Gasteiger partial charge in [-0.15, -0.1) is 0 Å². The van der Waals surface area contributed by atoms with Crippen LogP contribution in [0.15, 0.2) is 6.07 Å². The third kappa shape index (κ3) is 4.14. The predicted molar refractivity (Wildman–Crippen MR) is 99.9 cm³/mol. The number of rotatable bonds is 5. The molecular formula is C19H30FN5O. The van der Waals surface area contributed by atoms with Crippen molar-refractivity contribution in [2.45, 2.75) is 64.7 Å². The zero-order chi connectivity index (χ0) is 18.9. The molecule has 0 aliphatic carbocycles. The van der Waals surface area contributed by atoms with E-state index in [1.165, 1.54) is 0 Å². The van der Waals surface area contributed by atoms with Gasteiger partial charge in [0.15, 0.2) is 0 Å². The van der Waals surface area contributed by atoms with Crippen LogP contribution in [0.4, 0.5) is 10.2 Å². The van der Waals surface area contributed by atoms with Crippen LogP contribution < -0.4 is 5.32 Å². The van der Waals surface area contributed by atoms with E-state index >= 15 is 4.39 Å². The van der Waals surface area contributed by atoms with E-state index in [0.29, 0.717) is 37.6 Å². The smallest absolute Gasteiger partial charge is 0.240 e. The molecule has 2 aliphatic heterocycles. The van der Waals surface area contributed by atoms with Crippen LogP contribution >= 0.6 is 0 Å². The molecule has 2 aliphatic rings. The van der Waals surface area contributed by atoms with Crippen molar-refractivity contribution < 1.29 is 9.18 Å². The zero-order valence-electron chi connectivity index (χ0n) is 16.3. The van der Waals surface area contributed by atoms with Crippen molar-refractivity contribution in [3.8, 4) is 0 Å². The SMILES string of the molecule is Cc1cc(NCC2(F)CCN(C3CCN(C(C)C)C3=O)CC2)nc(C)n1. The van der Waals surface area contributed by atoms with Gasteiger partial charge in [0.2, 0.25) is 5.91 Å². The Bertz CT molecular complexity index is 637. The third-order valence-electron chi connectivity index (χ3n) is 5.52. The number of anilines is 1. The van der Waals surface area contributed by atoms with Gasteiger partial charge in [0, 0.05) is 37.4 Å². The van der Waals surface area contributed by atoms with Gasteiger partial charge in [-0.1, -0.05) is 0 Å². The number of aryl methyl sites for hydroxylation is 2. The molecule has 1 unspecified atom stereocenters. The number of hydrogen-bond acceptors (Lipinski definition) is 5. The number of piperidine rings is 1. The molecule has 0 bridgehead atoms. The minimum Gasteiger partial charge on any atom is -0.367 e. The standard InChI is InChI=1S/C19H30FN5O/c1-13(2)25-8-5-16(18(25)26)24-9-6-19(20,7-10-24)12-21-17-11-14(3)22-15(4)23-17/h11,13,16H,5-10,12H2,1-4H3,(H,21,22,23). The molecule has 1 aromatic heterocycles. The highest BCUT2D eigenvalue weighted by molar-refractivity contribution is 5.84. The summed E-state index contributed by atoms with van der Waals surface area (Å²) in [6, 6.07) is 2.01. The minimum absolute atomic E-state index is 0.0675. The lowest BCUT2D eigenvalue weighted by atomic mass is 9.92. The number of nitrogens with one attached hydrogen (secondary N) is 1. The number of likely N-dealkylation sites (tertiary alicyclic amines) is 2. The molecule has 2 fully saturated rings. The molecule has 0 spiro atoms. The Labute approximate surface area is 155 Å². The van der Waals surface area contributed by atoms with Gasteiger partial charge in [-0.2, -0.15) is 0 Å². The van der Waals surface area contributed by atoms with E-state index in [-0.39, 0.29) is 24.5 Å². The van der Waals surface area contributed by atoms with Crippen molar-refractivity contribution in [2.75, 3.05) is 31.5 Å². The molecule has 26 heavy (non-hydrogen) atoms. The van der Waals surface area contributed by atoms with Gasteiger partial charge < -0.3 is 10.2 Å². The quantitative estimate of drug-likeness (QED) is 0.870. The molecule has 2 saturated heterocycles. The lowest BCUT2D eigenvalue weighted by Crippen LogP contribution is -2.51. The number of carbonyl (C=O) groups is 1. The first-order chi connectivity index (χ1) is 12.3. The summed E-state index contributed by atoms with van der Waals surface area (Å²) in [5.74, 6) is 1.56. The van der Waals surface area contributed by atoms with Crippen LogP contribution in [0.25, 0.3) is 0 Å². The average Bonchev–Trinajstić information content (AvgIpc) is 2.95. The Balaban J connectivity index is 1.53. The van der Waals surface area contributed by atoms with E-state index in [9.17, 15) is 4.79 Å². The second kappa shape index (κ2) is 7.47. The van der Waals surface area contributed by atoms with E-state index in [1.807, 2.05) is 38.7 Å². The summed E-state index contributed by atoms with van der Waals surface area (Å²) in [5, 5.41) is 3.13. The number of alkyl halides is 1. The Kier molecular flexibility index (Phi) is 5.46. The van der Waals surface area contributed by atoms with Gasteiger partial charge in [0.25, 0.3) is 0 Å². The molecule has 0 aromatic carbocycles. The summed E-state index contributed by atoms with van der Waals surface area (Å²) in [7, 11) is 0. The van der Waals surface area contributed by atoms with Crippen molar-refractivity contribution in [1.29, 1.82) is 0 Å². The first-order valence-corrected chi connectivity index (χ1v) is 9.57. The van der Waals surface area contributed by atoms with E-state index < -0.39 is 5.67 Å². The van der Waals surface area contributed by atoms with Gasteiger partial charge in [-0.05, 0) is 47.0 Å². The maximum atomic E-state index is 15.2. The highest BCUT2D eigenvalue weighted by Crippen LogP contribution is 2.30. The zero-order valence-corrected chi connectivity index (χ0v) is 16.3. The fraction of sp³-hybridized carbons (Fsp3) is 0.737. The first-order valence-electron chi connectivity index (χ1n) is 9.57. The maximum absolute atomic E-state index is 15.2. The van der Waals surface area contributed by atoms with Gasteiger partial charge in [0.05, 0.1) is 12.6 Å². The van der Waals surface area contributed by atoms with Gasteiger partial charge >= 0.3 is 0 Å². The monoisotopic (exact) mass is 363 g/mol. The van der Waals surface area contributed by atoms with Gasteiger partial charge in [-0.3, -0.25) is 9.69 Å². The lowest BCUT2D eigenvalue weighted by Gasteiger charge is -2.39. The molecule has 1 atom stereocenters. The minimum atomic E-state index is -1.26. The van der Waals surface area contributed by atoms with Crippen molar-refractivity contribution >= 4 is 11.7 Å². The fourth-order valence-corrected chi connectivity index (χ4v) is 4.01. The number of carbonyl (C=O) groups excluding carboxylic acids is 1. The van der Waals surface area contributed by atoms with Crippen molar-refractivity contribution in [3.05, 3.63) is 17.6 Å². The van der Waals surface area contributed by atoms with Crippen LogP contribution in [0, 0.1) is 13.8 Å².